The lowest BCUT2D eigenvalue weighted by atomic mass is 9.73. The Morgan fingerprint density at radius 1 is 0.507 bits per heavy atom. The van der Waals surface area contributed by atoms with E-state index in [0.717, 1.165) is 49.7 Å². The Morgan fingerprint density at radius 2 is 0.904 bits per heavy atom. The lowest BCUT2D eigenvalue weighted by Crippen LogP contribution is -2.76. The van der Waals surface area contributed by atoms with Crippen LogP contribution in [0.2, 0.25) is 0 Å². The van der Waals surface area contributed by atoms with Gasteiger partial charge >= 0.3 is 17.9 Å². The Bertz CT molecular complexity index is 1920. The summed E-state index contributed by atoms with van der Waals surface area (Å²) in [5, 5.41) is 0. The number of ether oxygens (including phenoxy) is 6. The van der Waals surface area contributed by atoms with Crippen LogP contribution in [-0.4, -0.2) is 79.1 Å². The van der Waals surface area contributed by atoms with Gasteiger partial charge in [-0.15, -0.1) is 0 Å². The van der Waals surface area contributed by atoms with Crippen molar-refractivity contribution in [3.8, 4) is 11.5 Å². The molecular weight excluding hydrogens is 919 g/mol. The van der Waals surface area contributed by atoms with E-state index in [1.807, 2.05) is 60.7 Å². The molecule has 1 heterocycles. The Balaban J connectivity index is 1.77. The Labute approximate surface area is 440 Å². The zero-order chi connectivity index (χ0) is 52.5. The van der Waals surface area contributed by atoms with Gasteiger partial charge in [0.2, 0.25) is 5.91 Å². The molecule has 0 N–H and O–H groups in total. The minimum atomic E-state index is -1.87. The highest BCUT2D eigenvalue weighted by molar-refractivity contribution is 5.78. The standard InChI is InChI=1S/C62H93NO10/c1-7-9-11-13-15-17-18-19-20-21-22-23-25-27-29-37-47-63(57(67)42-36-28-26-24-16-14-12-10-8-2)62(58(52-38-32-30-33-39-52)53-40-34-31-35-41-53)61(72-51(5)66)60(71-50(4)65)59(70-49(3)64)56(73-62)48-69-55-45-43-54(68-6)44-46-55/h30-35,38-41,43-46,56,58-61H,7-29,36-37,42,47-48H2,1-6H3/t56-,59-,60+,61+,62-/m1/s1. The van der Waals surface area contributed by atoms with Gasteiger partial charge in [-0.3, -0.25) is 19.2 Å². The number of methoxy groups -OCH3 is 1. The number of hydrogen-bond acceptors (Lipinski definition) is 10. The first-order valence-electron chi connectivity index (χ1n) is 28.4. The van der Waals surface area contributed by atoms with Crippen LogP contribution in [0.5, 0.6) is 11.5 Å². The molecule has 11 heteroatoms. The number of esters is 3. The van der Waals surface area contributed by atoms with Crippen LogP contribution in [0.15, 0.2) is 84.9 Å². The zero-order valence-electron chi connectivity index (χ0n) is 45.8. The SMILES string of the molecule is CCCCCCCCCCCCCCCCCCN(C(=O)CCCCCCCCCCC)[C@]1(C(c2ccccc2)c2ccccc2)O[C@H](COc2ccc(OC)cc2)[C@@H](OC(C)=O)[C@H](OC(C)=O)[C@@H]1OC(C)=O. The summed E-state index contributed by atoms with van der Waals surface area (Å²) in [6.45, 7) is 8.40. The first kappa shape index (κ1) is 60.7. The van der Waals surface area contributed by atoms with Gasteiger partial charge in [-0.05, 0) is 48.2 Å². The van der Waals surface area contributed by atoms with Crippen LogP contribution in [0.25, 0.3) is 0 Å². The van der Waals surface area contributed by atoms with Crippen LogP contribution in [0.4, 0.5) is 0 Å². The Kier molecular flexibility index (Phi) is 29.4. The van der Waals surface area contributed by atoms with E-state index >= 15 is 4.79 Å². The maximum Gasteiger partial charge on any atom is 0.303 e. The maximum absolute atomic E-state index is 15.6. The van der Waals surface area contributed by atoms with Crippen molar-refractivity contribution in [3.05, 3.63) is 96.1 Å². The van der Waals surface area contributed by atoms with Gasteiger partial charge in [-0.25, -0.2) is 0 Å². The van der Waals surface area contributed by atoms with Crippen LogP contribution in [0.1, 0.15) is 219 Å². The fraction of sp³-hybridized carbons (Fsp3) is 0.645. The van der Waals surface area contributed by atoms with Gasteiger partial charge < -0.3 is 33.3 Å². The van der Waals surface area contributed by atoms with Gasteiger partial charge in [0, 0.05) is 33.7 Å². The van der Waals surface area contributed by atoms with E-state index in [1.165, 1.54) is 130 Å². The highest BCUT2D eigenvalue weighted by Crippen LogP contribution is 2.50. The molecule has 3 aromatic rings. The third-order valence-corrected chi connectivity index (χ3v) is 14.2. The second-order valence-corrected chi connectivity index (χ2v) is 20.3. The smallest absolute Gasteiger partial charge is 0.303 e. The maximum atomic E-state index is 15.6. The van der Waals surface area contributed by atoms with Gasteiger partial charge in [-0.2, -0.15) is 0 Å². The Morgan fingerprint density at radius 3 is 1.33 bits per heavy atom. The van der Waals surface area contributed by atoms with E-state index in [0.29, 0.717) is 24.3 Å². The van der Waals surface area contributed by atoms with Crippen molar-refractivity contribution in [1.29, 1.82) is 0 Å². The number of carbonyl (C=O) groups is 4. The number of rotatable bonds is 38. The monoisotopic (exact) mass is 1010 g/mol. The Hall–Kier alpha value is -4.90. The summed E-state index contributed by atoms with van der Waals surface area (Å²) in [5.74, 6) is -1.89. The van der Waals surface area contributed by atoms with Gasteiger partial charge in [0.15, 0.2) is 24.0 Å². The second kappa shape index (κ2) is 35.3. The zero-order valence-corrected chi connectivity index (χ0v) is 45.8. The summed E-state index contributed by atoms with van der Waals surface area (Å²) in [6, 6.07) is 26.6. The minimum absolute atomic E-state index is 0.166. The molecule has 73 heavy (non-hydrogen) atoms. The van der Waals surface area contributed by atoms with E-state index in [4.69, 9.17) is 28.4 Å². The van der Waals surface area contributed by atoms with Gasteiger partial charge in [-0.1, -0.05) is 222 Å². The highest BCUT2D eigenvalue weighted by Gasteiger charge is 2.66. The summed E-state index contributed by atoms with van der Waals surface area (Å²) < 4.78 is 38.3. The lowest BCUT2D eigenvalue weighted by molar-refractivity contribution is -0.324. The number of hydrogen-bond donors (Lipinski definition) is 0. The van der Waals surface area contributed by atoms with E-state index in [-0.39, 0.29) is 25.5 Å². The molecule has 1 fully saturated rings. The molecule has 3 aromatic carbocycles. The number of amides is 1. The first-order valence-corrected chi connectivity index (χ1v) is 28.4. The average Bonchev–Trinajstić information content (AvgIpc) is 3.38. The van der Waals surface area contributed by atoms with Gasteiger partial charge in [0.1, 0.15) is 24.2 Å². The van der Waals surface area contributed by atoms with Crippen LogP contribution < -0.4 is 9.47 Å². The van der Waals surface area contributed by atoms with Gasteiger partial charge in [0.05, 0.1) is 13.0 Å². The van der Waals surface area contributed by atoms with Crippen LogP contribution in [0, 0.1) is 0 Å². The lowest BCUT2D eigenvalue weighted by Gasteiger charge is -2.58. The largest absolute Gasteiger partial charge is 0.497 e. The van der Waals surface area contributed by atoms with E-state index in [2.05, 4.69) is 13.8 Å². The van der Waals surface area contributed by atoms with Crippen molar-refractivity contribution in [2.24, 2.45) is 0 Å². The predicted octanol–water partition coefficient (Wildman–Crippen LogP) is 14.8. The molecule has 0 spiro atoms. The quantitative estimate of drug-likeness (QED) is 0.0311. The van der Waals surface area contributed by atoms with Crippen molar-refractivity contribution in [2.45, 2.75) is 238 Å². The van der Waals surface area contributed by atoms with Gasteiger partial charge in [0.25, 0.3) is 0 Å². The molecule has 5 atom stereocenters. The molecule has 1 saturated heterocycles. The molecule has 0 aliphatic carbocycles. The highest BCUT2D eigenvalue weighted by atomic mass is 16.7. The third kappa shape index (κ3) is 21.1. The molecular formula is C62H93NO10. The minimum Gasteiger partial charge on any atom is -0.497 e. The van der Waals surface area contributed by atoms with Crippen molar-refractivity contribution < 1.29 is 47.6 Å². The average molecular weight is 1010 g/mol. The fourth-order valence-electron chi connectivity index (χ4n) is 10.6. The number of unbranched alkanes of at least 4 members (excludes halogenated alkanes) is 23. The van der Waals surface area contributed by atoms with Crippen LogP contribution >= 0.6 is 0 Å². The van der Waals surface area contributed by atoms with E-state index in [9.17, 15) is 14.4 Å². The van der Waals surface area contributed by atoms with Crippen molar-refractivity contribution in [2.75, 3.05) is 20.3 Å². The first-order chi connectivity index (χ1) is 35.5. The van der Waals surface area contributed by atoms with Crippen LogP contribution in [0.3, 0.4) is 0 Å². The molecule has 1 aliphatic rings. The predicted molar refractivity (Wildman–Crippen MR) is 291 cm³/mol. The summed E-state index contributed by atoms with van der Waals surface area (Å²) in [4.78, 5) is 57.7. The molecule has 0 radical (unpaired) electrons. The molecule has 0 saturated carbocycles. The number of benzene rings is 3. The summed E-state index contributed by atoms with van der Waals surface area (Å²) >= 11 is 0. The summed E-state index contributed by atoms with van der Waals surface area (Å²) in [5.41, 5.74) is -0.313. The van der Waals surface area contributed by atoms with Crippen molar-refractivity contribution >= 4 is 23.8 Å². The topological polar surface area (TPSA) is 127 Å². The summed E-state index contributed by atoms with van der Waals surface area (Å²) in [6.07, 6.45) is 23.9. The number of nitrogens with zero attached hydrogens (tertiary/aromatic N) is 1. The molecule has 406 valence electrons. The van der Waals surface area contributed by atoms with Crippen molar-refractivity contribution in [3.63, 3.8) is 0 Å². The molecule has 11 nitrogen and oxygen atoms in total. The molecule has 1 amide bonds. The van der Waals surface area contributed by atoms with E-state index in [1.54, 1.807) is 36.3 Å². The summed E-state index contributed by atoms with van der Waals surface area (Å²) in [7, 11) is 1.59. The molecule has 0 aromatic heterocycles. The third-order valence-electron chi connectivity index (χ3n) is 14.2. The van der Waals surface area contributed by atoms with Crippen LogP contribution in [-0.2, 0) is 38.1 Å². The second-order valence-electron chi connectivity index (χ2n) is 20.3. The normalized spacial score (nSPS) is 18.5. The molecule has 1 aliphatic heterocycles. The fourth-order valence-corrected chi connectivity index (χ4v) is 10.6. The number of carbonyl (C=O) groups excluding carboxylic acids is 4. The molecule has 0 unspecified atom stereocenters. The molecule has 0 bridgehead atoms. The molecule has 4 rings (SSSR count). The van der Waals surface area contributed by atoms with E-state index < -0.39 is 54.0 Å². The van der Waals surface area contributed by atoms with Crippen molar-refractivity contribution in [1.82, 2.24) is 4.90 Å².